The minimum Gasteiger partial charge on any atom is -0.491 e. The van der Waals surface area contributed by atoms with Crippen molar-refractivity contribution >= 4 is 0 Å². The maximum atomic E-state index is 8.62. The molecule has 0 atom stereocenters. The first-order valence-corrected chi connectivity index (χ1v) is 5.33. The third-order valence-electron chi connectivity index (χ3n) is 2.34. The van der Waals surface area contributed by atoms with Crippen molar-refractivity contribution in [2.75, 3.05) is 13.2 Å². The number of benzene rings is 1. The van der Waals surface area contributed by atoms with Crippen LogP contribution in [-0.2, 0) is 6.42 Å². The smallest absolute Gasteiger partial charge is 0.119 e. The highest BCUT2D eigenvalue weighted by molar-refractivity contribution is 5.29. The van der Waals surface area contributed by atoms with Gasteiger partial charge in [-0.2, -0.15) is 0 Å². The fourth-order valence-corrected chi connectivity index (χ4v) is 1.56. The van der Waals surface area contributed by atoms with Gasteiger partial charge in [0.25, 0.3) is 0 Å². The topological polar surface area (TPSA) is 45.2 Å². The van der Waals surface area contributed by atoms with Crippen LogP contribution in [0.4, 0.5) is 0 Å². The van der Waals surface area contributed by atoms with Crippen LogP contribution >= 0.6 is 0 Å². The number of hydrogen-bond acceptors (Lipinski definition) is 2. The standard InChI is InChI=1S/C13H15NO2/c15-8-9-16-13-5-3-11(4-6-13)10-12-2-1-7-14-12/h1-7,14-15H,8-10H2. The molecule has 0 radical (unpaired) electrons. The van der Waals surface area contributed by atoms with E-state index in [0.717, 1.165) is 12.2 Å². The Morgan fingerprint density at radius 2 is 1.94 bits per heavy atom. The van der Waals surface area contributed by atoms with Crippen LogP contribution in [0.15, 0.2) is 42.6 Å². The molecule has 2 rings (SSSR count). The lowest BCUT2D eigenvalue weighted by Crippen LogP contribution is -2.01. The molecule has 0 aliphatic carbocycles. The minimum absolute atomic E-state index is 0.0459. The average molecular weight is 217 g/mol. The molecule has 3 nitrogen and oxygen atoms in total. The summed E-state index contributed by atoms with van der Waals surface area (Å²) in [6.07, 6.45) is 2.82. The molecule has 0 unspecified atom stereocenters. The summed E-state index contributed by atoms with van der Waals surface area (Å²) in [6, 6.07) is 12.0. The highest BCUT2D eigenvalue weighted by Crippen LogP contribution is 2.14. The maximum absolute atomic E-state index is 8.62. The Balaban J connectivity index is 1.96. The molecule has 16 heavy (non-hydrogen) atoms. The van der Waals surface area contributed by atoms with Gasteiger partial charge in [0.05, 0.1) is 6.61 Å². The van der Waals surface area contributed by atoms with Gasteiger partial charge >= 0.3 is 0 Å². The van der Waals surface area contributed by atoms with Crippen LogP contribution in [0.3, 0.4) is 0 Å². The van der Waals surface area contributed by atoms with E-state index in [0.29, 0.717) is 6.61 Å². The molecule has 0 saturated heterocycles. The van der Waals surface area contributed by atoms with Crippen LogP contribution in [0.5, 0.6) is 5.75 Å². The number of ether oxygens (including phenoxy) is 1. The lowest BCUT2D eigenvalue weighted by atomic mass is 10.1. The molecule has 1 aromatic carbocycles. The summed E-state index contributed by atoms with van der Waals surface area (Å²) in [7, 11) is 0. The van der Waals surface area contributed by atoms with E-state index in [1.165, 1.54) is 11.3 Å². The van der Waals surface area contributed by atoms with Gasteiger partial charge in [0.15, 0.2) is 0 Å². The third-order valence-corrected chi connectivity index (χ3v) is 2.34. The molecular weight excluding hydrogens is 202 g/mol. The molecule has 0 aliphatic rings. The maximum Gasteiger partial charge on any atom is 0.119 e. The molecule has 0 spiro atoms. The van der Waals surface area contributed by atoms with E-state index in [9.17, 15) is 0 Å². The van der Waals surface area contributed by atoms with Gasteiger partial charge in [-0.1, -0.05) is 12.1 Å². The third kappa shape index (κ3) is 2.87. The van der Waals surface area contributed by atoms with Gasteiger partial charge in [-0.05, 0) is 29.8 Å². The molecule has 1 aromatic heterocycles. The predicted octanol–water partition coefficient (Wildman–Crippen LogP) is 1.98. The first-order valence-electron chi connectivity index (χ1n) is 5.33. The lowest BCUT2D eigenvalue weighted by molar-refractivity contribution is 0.201. The average Bonchev–Trinajstić information content (AvgIpc) is 2.81. The quantitative estimate of drug-likeness (QED) is 0.804. The zero-order valence-corrected chi connectivity index (χ0v) is 9.02. The van der Waals surface area contributed by atoms with Crippen LogP contribution in [-0.4, -0.2) is 23.3 Å². The van der Waals surface area contributed by atoms with E-state index in [2.05, 4.69) is 11.1 Å². The van der Waals surface area contributed by atoms with Crippen LogP contribution in [0, 0.1) is 0 Å². The number of H-pyrrole nitrogens is 1. The lowest BCUT2D eigenvalue weighted by Gasteiger charge is -2.05. The molecule has 0 aliphatic heterocycles. The Kier molecular flexibility index (Phi) is 3.62. The second-order valence-corrected chi connectivity index (χ2v) is 3.59. The number of aliphatic hydroxyl groups is 1. The largest absolute Gasteiger partial charge is 0.491 e. The summed E-state index contributed by atoms with van der Waals surface area (Å²) in [5.74, 6) is 0.796. The summed E-state index contributed by atoms with van der Waals surface area (Å²) < 4.78 is 5.29. The Labute approximate surface area is 94.7 Å². The van der Waals surface area contributed by atoms with E-state index >= 15 is 0 Å². The van der Waals surface area contributed by atoms with E-state index in [1.807, 2.05) is 36.5 Å². The van der Waals surface area contributed by atoms with Crippen LogP contribution < -0.4 is 4.74 Å². The Hall–Kier alpha value is -1.74. The van der Waals surface area contributed by atoms with E-state index in [-0.39, 0.29) is 6.61 Å². The molecule has 0 saturated carbocycles. The fraction of sp³-hybridized carbons (Fsp3) is 0.231. The SMILES string of the molecule is OCCOc1ccc(Cc2ccc[nH]2)cc1. The molecule has 2 N–H and O–H groups in total. The highest BCUT2D eigenvalue weighted by Gasteiger charge is 1.97. The van der Waals surface area contributed by atoms with Crippen molar-refractivity contribution in [3.8, 4) is 5.75 Å². The van der Waals surface area contributed by atoms with Gasteiger partial charge in [-0.25, -0.2) is 0 Å². The summed E-state index contributed by atoms with van der Waals surface area (Å²) in [4.78, 5) is 3.17. The van der Waals surface area contributed by atoms with Crippen LogP contribution in [0.1, 0.15) is 11.3 Å². The zero-order valence-electron chi connectivity index (χ0n) is 9.02. The summed E-state index contributed by atoms with van der Waals surface area (Å²) in [6.45, 7) is 0.389. The molecular formula is C13H15NO2. The molecule has 0 bridgehead atoms. The van der Waals surface area contributed by atoms with Crippen molar-refractivity contribution in [3.63, 3.8) is 0 Å². The Morgan fingerprint density at radius 3 is 2.56 bits per heavy atom. The van der Waals surface area contributed by atoms with Crippen molar-refractivity contribution in [1.29, 1.82) is 0 Å². The van der Waals surface area contributed by atoms with Crippen LogP contribution in [0.25, 0.3) is 0 Å². The molecule has 2 aromatic rings. The second kappa shape index (κ2) is 5.37. The summed E-state index contributed by atoms with van der Waals surface area (Å²) >= 11 is 0. The highest BCUT2D eigenvalue weighted by atomic mass is 16.5. The second-order valence-electron chi connectivity index (χ2n) is 3.59. The summed E-state index contributed by atoms with van der Waals surface area (Å²) in [5.41, 5.74) is 2.43. The van der Waals surface area contributed by atoms with Gasteiger partial charge in [0.2, 0.25) is 0 Å². The van der Waals surface area contributed by atoms with Gasteiger partial charge in [0.1, 0.15) is 12.4 Å². The number of aromatic nitrogens is 1. The number of nitrogens with one attached hydrogen (secondary N) is 1. The molecule has 84 valence electrons. The van der Waals surface area contributed by atoms with Gasteiger partial charge in [-0.3, -0.25) is 0 Å². The Morgan fingerprint density at radius 1 is 1.12 bits per heavy atom. The van der Waals surface area contributed by atoms with E-state index < -0.39 is 0 Å². The zero-order chi connectivity index (χ0) is 11.2. The van der Waals surface area contributed by atoms with Crippen molar-refractivity contribution < 1.29 is 9.84 Å². The Bertz CT molecular complexity index is 406. The molecule has 3 heteroatoms. The van der Waals surface area contributed by atoms with Gasteiger partial charge in [-0.15, -0.1) is 0 Å². The van der Waals surface area contributed by atoms with E-state index in [4.69, 9.17) is 9.84 Å². The number of aromatic amines is 1. The first kappa shape index (κ1) is 10.8. The van der Waals surface area contributed by atoms with Gasteiger partial charge in [0, 0.05) is 18.3 Å². The molecule has 0 amide bonds. The first-order chi connectivity index (χ1) is 7.88. The molecule has 1 heterocycles. The van der Waals surface area contributed by atoms with Crippen molar-refractivity contribution in [2.45, 2.75) is 6.42 Å². The van der Waals surface area contributed by atoms with Crippen molar-refractivity contribution in [2.24, 2.45) is 0 Å². The molecule has 0 fully saturated rings. The number of rotatable bonds is 5. The number of aliphatic hydroxyl groups excluding tert-OH is 1. The van der Waals surface area contributed by atoms with Gasteiger partial charge < -0.3 is 14.8 Å². The predicted molar refractivity (Wildman–Crippen MR) is 62.6 cm³/mol. The summed E-state index contributed by atoms with van der Waals surface area (Å²) in [5, 5.41) is 8.62. The van der Waals surface area contributed by atoms with E-state index in [1.54, 1.807) is 0 Å². The van der Waals surface area contributed by atoms with Crippen molar-refractivity contribution in [1.82, 2.24) is 4.98 Å². The fourth-order valence-electron chi connectivity index (χ4n) is 1.56. The number of hydrogen-bond donors (Lipinski definition) is 2. The van der Waals surface area contributed by atoms with Crippen LogP contribution in [0.2, 0.25) is 0 Å². The minimum atomic E-state index is 0.0459. The van der Waals surface area contributed by atoms with Crippen molar-refractivity contribution in [3.05, 3.63) is 53.9 Å². The monoisotopic (exact) mass is 217 g/mol. The normalized spacial score (nSPS) is 10.3.